The summed E-state index contributed by atoms with van der Waals surface area (Å²) in [5, 5.41) is 9.20. The van der Waals surface area contributed by atoms with E-state index in [1.165, 1.54) is 0 Å². The molecule has 1 aliphatic rings. The van der Waals surface area contributed by atoms with Gasteiger partial charge in [-0.1, -0.05) is 0 Å². The average Bonchev–Trinajstić information content (AvgIpc) is 2.66. The maximum absolute atomic E-state index is 12.8. The SMILES string of the molecule is CC1CN(C)CCCN1S(=O)(=O)c1cc(CO)n(C)c1. The van der Waals surface area contributed by atoms with Crippen LogP contribution in [0.5, 0.6) is 0 Å². The number of likely N-dealkylation sites (N-methyl/N-ethyl adjacent to an activating group) is 1. The van der Waals surface area contributed by atoms with Crippen molar-refractivity contribution >= 4 is 10.0 Å². The van der Waals surface area contributed by atoms with Gasteiger partial charge >= 0.3 is 0 Å². The zero-order valence-electron chi connectivity index (χ0n) is 12.3. The fourth-order valence-electron chi connectivity index (χ4n) is 2.72. The summed E-state index contributed by atoms with van der Waals surface area (Å²) >= 11 is 0. The van der Waals surface area contributed by atoms with Crippen LogP contribution in [-0.2, 0) is 23.7 Å². The number of aryl methyl sites for hydroxylation is 1. The molecule has 1 N–H and O–H groups in total. The Kier molecular flexibility index (Phi) is 4.53. The first-order valence-corrected chi connectivity index (χ1v) is 8.26. The molecular formula is C13H23N3O3S. The van der Waals surface area contributed by atoms with E-state index in [0.717, 1.165) is 19.5 Å². The van der Waals surface area contributed by atoms with Gasteiger partial charge < -0.3 is 14.6 Å². The van der Waals surface area contributed by atoms with Crippen molar-refractivity contribution in [2.75, 3.05) is 26.7 Å². The van der Waals surface area contributed by atoms with Crippen molar-refractivity contribution in [2.45, 2.75) is 30.9 Å². The van der Waals surface area contributed by atoms with E-state index >= 15 is 0 Å². The monoisotopic (exact) mass is 301 g/mol. The van der Waals surface area contributed by atoms with Crippen molar-refractivity contribution in [3.8, 4) is 0 Å². The molecule has 1 fully saturated rings. The van der Waals surface area contributed by atoms with Gasteiger partial charge in [0.1, 0.15) is 4.90 Å². The predicted molar refractivity (Wildman–Crippen MR) is 76.8 cm³/mol. The minimum absolute atomic E-state index is 0.0507. The largest absolute Gasteiger partial charge is 0.390 e. The predicted octanol–water partition coefficient (Wildman–Crippen LogP) is 0.232. The van der Waals surface area contributed by atoms with Crippen molar-refractivity contribution in [2.24, 2.45) is 7.05 Å². The average molecular weight is 301 g/mol. The summed E-state index contributed by atoms with van der Waals surface area (Å²) in [7, 11) is 0.258. The molecule has 0 radical (unpaired) electrons. The first-order chi connectivity index (χ1) is 9.36. The summed E-state index contributed by atoms with van der Waals surface area (Å²) in [6, 6.07) is 1.50. The van der Waals surface area contributed by atoms with Gasteiger partial charge in [0.25, 0.3) is 0 Å². The summed E-state index contributed by atoms with van der Waals surface area (Å²) in [4.78, 5) is 2.42. The number of hydrogen-bond acceptors (Lipinski definition) is 4. The van der Waals surface area contributed by atoms with Gasteiger partial charge in [-0.15, -0.1) is 0 Å². The minimum atomic E-state index is -3.50. The van der Waals surface area contributed by atoms with Gasteiger partial charge in [0.2, 0.25) is 10.0 Å². The second-order valence-corrected chi connectivity index (χ2v) is 7.41. The van der Waals surface area contributed by atoms with Crippen LogP contribution in [0.4, 0.5) is 0 Å². The zero-order valence-corrected chi connectivity index (χ0v) is 13.1. The third-order valence-electron chi connectivity index (χ3n) is 3.84. The van der Waals surface area contributed by atoms with Gasteiger partial charge in [0, 0.05) is 38.1 Å². The van der Waals surface area contributed by atoms with E-state index in [9.17, 15) is 13.5 Å². The van der Waals surface area contributed by atoms with E-state index in [0.29, 0.717) is 12.2 Å². The molecule has 6 nitrogen and oxygen atoms in total. The highest BCUT2D eigenvalue weighted by atomic mass is 32.2. The highest BCUT2D eigenvalue weighted by Crippen LogP contribution is 2.22. The Bertz CT molecular complexity index is 567. The van der Waals surface area contributed by atoms with Gasteiger partial charge in [-0.05, 0) is 33.0 Å². The molecule has 0 aliphatic carbocycles. The summed E-state index contributed by atoms with van der Waals surface area (Å²) in [6.07, 6.45) is 2.40. The van der Waals surface area contributed by atoms with Crippen molar-refractivity contribution < 1.29 is 13.5 Å². The Morgan fingerprint density at radius 2 is 2.05 bits per heavy atom. The van der Waals surface area contributed by atoms with Crippen molar-refractivity contribution in [3.63, 3.8) is 0 Å². The van der Waals surface area contributed by atoms with Crippen molar-refractivity contribution in [1.82, 2.24) is 13.8 Å². The van der Waals surface area contributed by atoms with Crippen LogP contribution in [-0.4, -0.2) is 60.0 Å². The summed E-state index contributed by atoms with van der Waals surface area (Å²) in [6.45, 7) is 3.96. The quantitative estimate of drug-likeness (QED) is 0.868. The van der Waals surface area contributed by atoms with E-state index in [-0.39, 0.29) is 17.5 Å². The maximum atomic E-state index is 12.8. The lowest BCUT2D eigenvalue weighted by Crippen LogP contribution is -2.41. The van der Waals surface area contributed by atoms with E-state index in [1.807, 2.05) is 14.0 Å². The van der Waals surface area contributed by atoms with Gasteiger partial charge in [-0.2, -0.15) is 4.31 Å². The Labute approximate surface area is 120 Å². The highest BCUT2D eigenvalue weighted by Gasteiger charge is 2.32. The molecule has 1 aliphatic heterocycles. The normalized spacial score (nSPS) is 22.9. The van der Waals surface area contributed by atoms with Crippen molar-refractivity contribution in [3.05, 3.63) is 18.0 Å². The van der Waals surface area contributed by atoms with Crippen molar-refractivity contribution in [1.29, 1.82) is 0 Å². The Morgan fingerprint density at radius 1 is 1.35 bits per heavy atom. The number of hydrogen-bond donors (Lipinski definition) is 1. The number of rotatable bonds is 3. The minimum Gasteiger partial charge on any atom is -0.390 e. The fraction of sp³-hybridized carbons (Fsp3) is 0.692. The molecule has 1 unspecified atom stereocenters. The smallest absolute Gasteiger partial charge is 0.244 e. The molecule has 2 heterocycles. The molecule has 114 valence electrons. The first kappa shape index (κ1) is 15.5. The highest BCUT2D eigenvalue weighted by molar-refractivity contribution is 7.89. The lowest BCUT2D eigenvalue weighted by Gasteiger charge is -2.26. The van der Waals surface area contributed by atoms with E-state index in [2.05, 4.69) is 4.90 Å². The van der Waals surface area contributed by atoms with E-state index in [4.69, 9.17) is 0 Å². The molecule has 1 saturated heterocycles. The van der Waals surface area contributed by atoms with Crippen LogP contribution in [0.2, 0.25) is 0 Å². The fourth-order valence-corrected chi connectivity index (χ4v) is 4.48. The molecule has 20 heavy (non-hydrogen) atoms. The van der Waals surface area contributed by atoms with Gasteiger partial charge in [-0.25, -0.2) is 8.42 Å². The number of aliphatic hydroxyl groups excluding tert-OH is 1. The number of aliphatic hydroxyl groups is 1. The third-order valence-corrected chi connectivity index (χ3v) is 5.82. The molecule has 1 aromatic rings. The maximum Gasteiger partial charge on any atom is 0.244 e. The molecule has 1 atom stereocenters. The van der Waals surface area contributed by atoms with Gasteiger partial charge in [0.15, 0.2) is 0 Å². The van der Waals surface area contributed by atoms with Crippen LogP contribution in [0.15, 0.2) is 17.2 Å². The Balaban J connectivity index is 2.33. The summed E-state index contributed by atoms with van der Waals surface area (Å²) in [5.41, 5.74) is 0.600. The third kappa shape index (κ3) is 2.90. The summed E-state index contributed by atoms with van der Waals surface area (Å²) < 4.78 is 28.7. The molecule has 1 aromatic heterocycles. The molecule has 7 heteroatoms. The van der Waals surface area contributed by atoms with Crippen LogP contribution in [0, 0.1) is 0 Å². The van der Waals surface area contributed by atoms with Crippen LogP contribution in [0.25, 0.3) is 0 Å². The van der Waals surface area contributed by atoms with Crippen LogP contribution >= 0.6 is 0 Å². The van der Waals surface area contributed by atoms with E-state index < -0.39 is 10.0 Å². The molecule has 0 spiro atoms. The number of nitrogens with zero attached hydrogens (tertiary/aromatic N) is 3. The molecule has 0 bridgehead atoms. The van der Waals surface area contributed by atoms with Gasteiger partial charge in [0.05, 0.1) is 6.61 Å². The molecule has 2 rings (SSSR count). The second kappa shape index (κ2) is 5.85. The molecular weight excluding hydrogens is 278 g/mol. The zero-order chi connectivity index (χ0) is 14.9. The van der Waals surface area contributed by atoms with Crippen LogP contribution in [0.3, 0.4) is 0 Å². The number of sulfonamides is 1. The molecule has 0 amide bonds. The Morgan fingerprint density at radius 3 is 2.65 bits per heavy atom. The molecule has 0 saturated carbocycles. The van der Waals surface area contributed by atoms with E-state index in [1.54, 1.807) is 28.2 Å². The lowest BCUT2D eigenvalue weighted by molar-refractivity contribution is 0.272. The lowest BCUT2D eigenvalue weighted by atomic mass is 10.3. The number of aromatic nitrogens is 1. The standard InChI is InChI=1S/C13H23N3O3S/c1-11-8-14(2)5-4-6-16(11)20(18,19)13-7-12(10-17)15(3)9-13/h7,9,11,17H,4-6,8,10H2,1-3H3. The second-order valence-electron chi connectivity index (χ2n) is 5.52. The van der Waals surface area contributed by atoms with Crippen LogP contribution in [0.1, 0.15) is 19.0 Å². The summed E-state index contributed by atoms with van der Waals surface area (Å²) in [5.74, 6) is 0. The molecule has 0 aromatic carbocycles. The van der Waals surface area contributed by atoms with Crippen LogP contribution < -0.4 is 0 Å². The van der Waals surface area contributed by atoms with Gasteiger partial charge in [-0.3, -0.25) is 0 Å². The Hall–Kier alpha value is -0.890. The topological polar surface area (TPSA) is 65.8 Å². The first-order valence-electron chi connectivity index (χ1n) is 6.82.